The molecule has 1 aromatic heterocycles. The van der Waals surface area contributed by atoms with E-state index in [1.54, 1.807) is 12.1 Å². The van der Waals surface area contributed by atoms with Crippen LogP contribution in [0.1, 0.15) is 28.5 Å². The second kappa shape index (κ2) is 6.83. The van der Waals surface area contributed by atoms with E-state index in [1.807, 2.05) is 13.0 Å². The van der Waals surface area contributed by atoms with Crippen molar-refractivity contribution in [3.8, 4) is 0 Å². The van der Waals surface area contributed by atoms with Crippen molar-refractivity contribution in [2.45, 2.75) is 19.8 Å². The number of benzene rings is 1. The molecule has 110 valence electrons. The zero-order valence-electron chi connectivity index (χ0n) is 11.8. The van der Waals surface area contributed by atoms with Gasteiger partial charge in [-0.15, -0.1) is 0 Å². The molecule has 4 nitrogen and oxygen atoms in total. The highest BCUT2D eigenvalue weighted by atomic mass is 19.1. The van der Waals surface area contributed by atoms with Crippen molar-refractivity contribution in [1.82, 2.24) is 4.98 Å². The van der Waals surface area contributed by atoms with E-state index in [4.69, 9.17) is 5.11 Å². The zero-order valence-corrected chi connectivity index (χ0v) is 11.8. The molecule has 0 amide bonds. The molecule has 0 saturated heterocycles. The van der Waals surface area contributed by atoms with Crippen molar-refractivity contribution < 1.29 is 14.3 Å². The van der Waals surface area contributed by atoms with Gasteiger partial charge in [0.2, 0.25) is 0 Å². The van der Waals surface area contributed by atoms with Crippen LogP contribution in [0.5, 0.6) is 0 Å². The van der Waals surface area contributed by atoms with Gasteiger partial charge in [-0.2, -0.15) is 0 Å². The topological polar surface area (TPSA) is 62.2 Å². The number of nitrogens with zero attached hydrogens (tertiary/aromatic N) is 1. The molecule has 0 aliphatic carbocycles. The van der Waals surface area contributed by atoms with E-state index in [-0.39, 0.29) is 11.4 Å². The summed E-state index contributed by atoms with van der Waals surface area (Å²) in [5.41, 5.74) is 1.82. The van der Waals surface area contributed by atoms with Gasteiger partial charge in [0.1, 0.15) is 11.6 Å². The molecule has 0 saturated carbocycles. The molecule has 0 radical (unpaired) electrons. The Morgan fingerprint density at radius 1 is 1.33 bits per heavy atom. The fraction of sp³-hybridized carbons (Fsp3) is 0.250. The molecule has 0 atom stereocenters. The Kier molecular flexibility index (Phi) is 4.87. The van der Waals surface area contributed by atoms with Crippen LogP contribution >= 0.6 is 0 Å². The van der Waals surface area contributed by atoms with Gasteiger partial charge >= 0.3 is 5.97 Å². The molecule has 2 aromatic rings. The lowest BCUT2D eigenvalue weighted by Gasteiger charge is -2.08. The van der Waals surface area contributed by atoms with Crippen molar-refractivity contribution in [3.05, 3.63) is 59.0 Å². The summed E-state index contributed by atoms with van der Waals surface area (Å²) in [5.74, 6) is -0.699. The third-order valence-corrected chi connectivity index (χ3v) is 3.10. The van der Waals surface area contributed by atoms with E-state index in [2.05, 4.69) is 10.3 Å². The number of anilines is 1. The Morgan fingerprint density at radius 2 is 2.14 bits per heavy atom. The summed E-state index contributed by atoms with van der Waals surface area (Å²) in [5, 5.41) is 12.2. The van der Waals surface area contributed by atoms with Crippen LogP contribution in [-0.4, -0.2) is 22.6 Å². The van der Waals surface area contributed by atoms with Gasteiger partial charge in [0.25, 0.3) is 0 Å². The SMILES string of the molecule is CCc1cc(C(=O)O)cc(NCCc2cccc(F)c2)n1. The molecule has 0 unspecified atom stereocenters. The number of pyridine rings is 1. The minimum Gasteiger partial charge on any atom is -0.478 e. The fourth-order valence-corrected chi connectivity index (χ4v) is 2.01. The van der Waals surface area contributed by atoms with Gasteiger partial charge in [0.15, 0.2) is 0 Å². The molecule has 2 N–H and O–H groups in total. The molecule has 21 heavy (non-hydrogen) atoms. The molecule has 0 bridgehead atoms. The molecule has 0 spiro atoms. The normalized spacial score (nSPS) is 10.4. The summed E-state index contributed by atoms with van der Waals surface area (Å²) in [7, 11) is 0. The lowest BCUT2D eigenvalue weighted by atomic mass is 10.1. The van der Waals surface area contributed by atoms with Gasteiger partial charge in [-0.25, -0.2) is 14.2 Å². The minimum absolute atomic E-state index is 0.218. The van der Waals surface area contributed by atoms with E-state index >= 15 is 0 Å². The predicted molar refractivity (Wildman–Crippen MR) is 79.2 cm³/mol. The van der Waals surface area contributed by atoms with Gasteiger partial charge in [-0.1, -0.05) is 19.1 Å². The van der Waals surface area contributed by atoms with Gasteiger partial charge in [0.05, 0.1) is 5.56 Å². The molecule has 0 fully saturated rings. The van der Waals surface area contributed by atoms with Crippen molar-refractivity contribution in [1.29, 1.82) is 0 Å². The summed E-state index contributed by atoms with van der Waals surface area (Å²) >= 11 is 0. The fourth-order valence-electron chi connectivity index (χ4n) is 2.01. The number of hydrogen-bond acceptors (Lipinski definition) is 3. The lowest BCUT2D eigenvalue weighted by Crippen LogP contribution is -2.09. The first-order chi connectivity index (χ1) is 10.1. The number of carboxylic acids is 1. The highest BCUT2D eigenvalue weighted by molar-refractivity contribution is 5.88. The number of carbonyl (C=O) groups is 1. The van der Waals surface area contributed by atoms with E-state index < -0.39 is 5.97 Å². The van der Waals surface area contributed by atoms with Crippen molar-refractivity contribution >= 4 is 11.8 Å². The van der Waals surface area contributed by atoms with E-state index in [1.165, 1.54) is 18.2 Å². The molecule has 1 aromatic carbocycles. The average Bonchev–Trinajstić information content (AvgIpc) is 2.47. The van der Waals surface area contributed by atoms with Crippen molar-refractivity contribution in [3.63, 3.8) is 0 Å². The maximum Gasteiger partial charge on any atom is 0.335 e. The van der Waals surface area contributed by atoms with Gasteiger partial charge in [-0.05, 0) is 42.7 Å². The molecule has 0 aliphatic heterocycles. The van der Waals surface area contributed by atoms with Crippen molar-refractivity contribution in [2.24, 2.45) is 0 Å². The molecular weight excluding hydrogens is 271 g/mol. The standard InChI is InChI=1S/C16H17FN2O2/c1-2-14-9-12(16(20)21)10-15(19-14)18-7-6-11-4-3-5-13(17)8-11/h3-5,8-10H,2,6-7H2,1H3,(H,18,19)(H,20,21). The maximum absolute atomic E-state index is 13.1. The van der Waals surface area contributed by atoms with Crippen LogP contribution in [0.2, 0.25) is 0 Å². The number of aromatic nitrogens is 1. The third-order valence-electron chi connectivity index (χ3n) is 3.10. The van der Waals surface area contributed by atoms with Gasteiger partial charge in [-0.3, -0.25) is 0 Å². The van der Waals surface area contributed by atoms with Crippen LogP contribution in [0.4, 0.5) is 10.2 Å². The minimum atomic E-state index is -0.972. The first-order valence-electron chi connectivity index (χ1n) is 6.81. The summed E-state index contributed by atoms with van der Waals surface area (Å²) < 4.78 is 13.1. The van der Waals surface area contributed by atoms with Crippen molar-refractivity contribution in [2.75, 3.05) is 11.9 Å². The number of rotatable bonds is 6. The Labute approximate surface area is 122 Å². The number of hydrogen-bond donors (Lipinski definition) is 2. The highest BCUT2D eigenvalue weighted by Gasteiger charge is 2.07. The number of aryl methyl sites for hydroxylation is 1. The first-order valence-corrected chi connectivity index (χ1v) is 6.81. The molecule has 1 heterocycles. The number of carboxylic acid groups (broad SMARTS) is 1. The summed E-state index contributed by atoms with van der Waals surface area (Å²) in [6.45, 7) is 2.48. The van der Waals surface area contributed by atoms with Gasteiger partial charge < -0.3 is 10.4 Å². The van der Waals surface area contributed by atoms with Crippen LogP contribution in [-0.2, 0) is 12.8 Å². The largest absolute Gasteiger partial charge is 0.478 e. The Morgan fingerprint density at radius 3 is 2.81 bits per heavy atom. The summed E-state index contributed by atoms with van der Waals surface area (Å²) in [4.78, 5) is 15.4. The maximum atomic E-state index is 13.1. The third kappa shape index (κ3) is 4.27. The molecule has 2 rings (SSSR count). The molecule has 0 aliphatic rings. The Balaban J connectivity index is 2.02. The first kappa shape index (κ1) is 15.0. The quantitative estimate of drug-likeness (QED) is 0.857. The van der Waals surface area contributed by atoms with Crippen LogP contribution in [0, 0.1) is 5.82 Å². The number of halogens is 1. The summed E-state index contributed by atoms with van der Waals surface area (Å²) in [6, 6.07) is 9.49. The zero-order chi connectivity index (χ0) is 15.2. The van der Waals surface area contributed by atoms with Crippen LogP contribution in [0.3, 0.4) is 0 Å². The van der Waals surface area contributed by atoms with E-state index in [9.17, 15) is 9.18 Å². The predicted octanol–water partition coefficient (Wildman–Crippen LogP) is 3.14. The molecule has 5 heteroatoms. The lowest BCUT2D eigenvalue weighted by molar-refractivity contribution is 0.0696. The van der Waals surface area contributed by atoms with Crippen LogP contribution in [0.25, 0.3) is 0 Å². The molecular formula is C16H17FN2O2. The van der Waals surface area contributed by atoms with Crippen LogP contribution in [0.15, 0.2) is 36.4 Å². The Bertz CT molecular complexity index is 644. The number of aromatic carboxylic acids is 1. The average molecular weight is 288 g/mol. The second-order valence-electron chi connectivity index (χ2n) is 4.70. The summed E-state index contributed by atoms with van der Waals surface area (Å²) in [6.07, 6.45) is 1.30. The Hall–Kier alpha value is -2.43. The van der Waals surface area contributed by atoms with Crippen LogP contribution < -0.4 is 5.32 Å². The van der Waals surface area contributed by atoms with E-state index in [0.717, 1.165) is 11.3 Å². The monoisotopic (exact) mass is 288 g/mol. The van der Waals surface area contributed by atoms with E-state index in [0.29, 0.717) is 25.2 Å². The van der Waals surface area contributed by atoms with Gasteiger partial charge in [0, 0.05) is 12.2 Å². The second-order valence-corrected chi connectivity index (χ2v) is 4.70. The number of nitrogens with one attached hydrogen (secondary N) is 1. The highest BCUT2D eigenvalue weighted by Crippen LogP contribution is 2.12. The smallest absolute Gasteiger partial charge is 0.335 e.